The lowest BCUT2D eigenvalue weighted by Gasteiger charge is -2.37. The van der Waals surface area contributed by atoms with Gasteiger partial charge in [-0.3, -0.25) is 4.79 Å². The van der Waals surface area contributed by atoms with E-state index in [1.54, 1.807) is 18.2 Å². The Morgan fingerprint density at radius 2 is 1.84 bits per heavy atom. The van der Waals surface area contributed by atoms with Gasteiger partial charge in [-0.25, -0.2) is 4.39 Å². The van der Waals surface area contributed by atoms with E-state index in [1.807, 2.05) is 38.1 Å². The van der Waals surface area contributed by atoms with Gasteiger partial charge in [-0.15, -0.1) is 0 Å². The third-order valence-corrected chi connectivity index (χ3v) is 5.48. The molecule has 0 saturated carbocycles. The molecule has 166 valence electrons. The maximum atomic E-state index is 13.8. The minimum Gasteiger partial charge on any atom is -0.490 e. The first-order valence-corrected chi connectivity index (χ1v) is 10.8. The molecular weight excluding hydrogens is 397 g/mol. The van der Waals surface area contributed by atoms with Gasteiger partial charge >= 0.3 is 0 Å². The van der Waals surface area contributed by atoms with Crippen LogP contribution in [0.4, 0.5) is 4.39 Å². The molecule has 6 heteroatoms. The summed E-state index contributed by atoms with van der Waals surface area (Å²) in [5.41, 5.74) is 1.41. The number of hydrogen-bond acceptors (Lipinski definition) is 4. The van der Waals surface area contributed by atoms with Gasteiger partial charge in [0.2, 0.25) is 5.91 Å². The summed E-state index contributed by atoms with van der Waals surface area (Å²) in [6.45, 7) is 6.52. The van der Waals surface area contributed by atoms with E-state index in [1.165, 1.54) is 12.1 Å². The van der Waals surface area contributed by atoms with Gasteiger partial charge in [-0.05, 0) is 68.2 Å². The fourth-order valence-corrected chi connectivity index (χ4v) is 3.81. The highest BCUT2D eigenvalue weighted by atomic mass is 19.1. The summed E-state index contributed by atoms with van der Waals surface area (Å²) in [7, 11) is 0. The molecule has 1 amide bonds. The number of halogens is 1. The molecule has 0 radical (unpaired) electrons. The molecule has 0 unspecified atom stereocenters. The number of rotatable bonds is 9. The second-order valence-electron chi connectivity index (χ2n) is 7.53. The second-order valence-corrected chi connectivity index (χ2v) is 7.53. The minimum absolute atomic E-state index is 0.200. The minimum atomic E-state index is -0.328. The molecule has 0 aromatic heterocycles. The van der Waals surface area contributed by atoms with E-state index in [0.29, 0.717) is 44.5 Å². The molecule has 31 heavy (non-hydrogen) atoms. The predicted octanol–water partition coefficient (Wildman–Crippen LogP) is 4.50. The Kier molecular flexibility index (Phi) is 8.06. The van der Waals surface area contributed by atoms with Gasteiger partial charge in [-0.2, -0.15) is 0 Å². The lowest BCUT2D eigenvalue weighted by molar-refractivity contribution is -0.116. The zero-order valence-electron chi connectivity index (χ0n) is 18.2. The number of ether oxygens (including phenoxy) is 3. The van der Waals surface area contributed by atoms with Crippen molar-refractivity contribution in [3.8, 4) is 11.5 Å². The molecule has 1 heterocycles. The lowest BCUT2D eigenvalue weighted by Crippen LogP contribution is -2.44. The summed E-state index contributed by atoms with van der Waals surface area (Å²) in [4.78, 5) is 12.5. The third-order valence-electron chi connectivity index (χ3n) is 5.48. The molecular formula is C25H30FNO4. The Morgan fingerprint density at radius 1 is 1.10 bits per heavy atom. The van der Waals surface area contributed by atoms with Crippen LogP contribution in [-0.2, 0) is 14.9 Å². The van der Waals surface area contributed by atoms with E-state index in [0.717, 1.165) is 24.0 Å². The maximum Gasteiger partial charge on any atom is 0.244 e. The highest BCUT2D eigenvalue weighted by Crippen LogP contribution is 2.34. The number of hydrogen-bond donors (Lipinski definition) is 1. The van der Waals surface area contributed by atoms with Crippen LogP contribution in [-0.4, -0.2) is 38.9 Å². The van der Waals surface area contributed by atoms with Crippen molar-refractivity contribution in [2.45, 2.75) is 32.1 Å². The smallest absolute Gasteiger partial charge is 0.244 e. The van der Waals surface area contributed by atoms with Gasteiger partial charge in [0.25, 0.3) is 0 Å². The molecule has 1 saturated heterocycles. The summed E-state index contributed by atoms with van der Waals surface area (Å²) in [5.74, 6) is 0.867. The monoisotopic (exact) mass is 427 g/mol. The molecule has 2 aromatic rings. The summed E-state index contributed by atoms with van der Waals surface area (Å²) in [6.07, 6.45) is 4.71. The summed E-state index contributed by atoms with van der Waals surface area (Å²) < 4.78 is 30.5. The quantitative estimate of drug-likeness (QED) is 0.599. The largest absolute Gasteiger partial charge is 0.490 e. The van der Waals surface area contributed by atoms with E-state index in [2.05, 4.69) is 5.32 Å². The average Bonchev–Trinajstić information content (AvgIpc) is 2.79. The molecule has 3 rings (SSSR count). The fraction of sp³-hybridized carbons (Fsp3) is 0.400. The number of benzene rings is 2. The van der Waals surface area contributed by atoms with Gasteiger partial charge < -0.3 is 19.5 Å². The zero-order chi connectivity index (χ0) is 22.1. The summed E-state index contributed by atoms with van der Waals surface area (Å²) in [5, 5.41) is 2.99. The van der Waals surface area contributed by atoms with E-state index < -0.39 is 0 Å². The number of carbonyl (C=O) groups is 1. The van der Waals surface area contributed by atoms with Crippen LogP contribution in [0.1, 0.15) is 37.8 Å². The van der Waals surface area contributed by atoms with Crippen molar-refractivity contribution in [3.05, 3.63) is 65.5 Å². The molecule has 0 bridgehead atoms. The van der Waals surface area contributed by atoms with Crippen molar-refractivity contribution in [1.82, 2.24) is 5.32 Å². The van der Waals surface area contributed by atoms with Crippen LogP contribution < -0.4 is 14.8 Å². The molecule has 5 nitrogen and oxygen atoms in total. The highest BCUT2D eigenvalue weighted by Gasteiger charge is 2.35. The fourth-order valence-electron chi connectivity index (χ4n) is 3.81. The van der Waals surface area contributed by atoms with Crippen LogP contribution in [0.15, 0.2) is 48.5 Å². The van der Waals surface area contributed by atoms with E-state index in [-0.39, 0.29) is 17.1 Å². The standard InChI is InChI=1S/C25H30FNO4/c1-3-30-22-10-8-19(16-23(22)31-4-2)9-11-24(28)27-18-25(12-14-29-15-13-25)20-6-5-7-21(26)17-20/h5-11,16-17H,3-4,12-15,18H2,1-2H3,(H,27,28)/b11-9+. The Bertz CT molecular complexity index is 906. The molecule has 0 aliphatic carbocycles. The van der Waals surface area contributed by atoms with Gasteiger partial charge in [0, 0.05) is 31.2 Å². The molecule has 0 atom stereocenters. The Morgan fingerprint density at radius 3 is 2.55 bits per heavy atom. The van der Waals surface area contributed by atoms with E-state index in [9.17, 15) is 9.18 Å². The normalized spacial score (nSPS) is 15.6. The molecule has 0 spiro atoms. The Hall–Kier alpha value is -2.86. The van der Waals surface area contributed by atoms with Crippen LogP contribution in [0.3, 0.4) is 0 Å². The lowest BCUT2D eigenvalue weighted by atomic mass is 9.74. The summed E-state index contributed by atoms with van der Waals surface area (Å²) >= 11 is 0. The van der Waals surface area contributed by atoms with Crippen LogP contribution >= 0.6 is 0 Å². The molecule has 2 aromatic carbocycles. The van der Waals surface area contributed by atoms with Crippen LogP contribution in [0.2, 0.25) is 0 Å². The first kappa shape index (κ1) is 22.8. The number of nitrogens with one attached hydrogen (secondary N) is 1. The topological polar surface area (TPSA) is 56.8 Å². The predicted molar refractivity (Wildman–Crippen MR) is 119 cm³/mol. The van der Waals surface area contributed by atoms with Gasteiger partial charge in [0.1, 0.15) is 5.82 Å². The molecule has 1 aliphatic heterocycles. The Labute approximate surface area is 183 Å². The second kappa shape index (κ2) is 11.0. The van der Waals surface area contributed by atoms with Crippen LogP contribution in [0.5, 0.6) is 11.5 Å². The van der Waals surface area contributed by atoms with Crippen molar-refractivity contribution in [2.24, 2.45) is 0 Å². The first-order valence-electron chi connectivity index (χ1n) is 10.8. The average molecular weight is 428 g/mol. The maximum absolute atomic E-state index is 13.8. The van der Waals surface area contributed by atoms with Gasteiger partial charge in [0.15, 0.2) is 11.5 Å². The third kappa shape index (κ3) is 6.07. The van der Waals surface area contributed by atoms with Crippen molar-refractivity contribution < 1.29 is 23.4 Å². The van der Waals surface area contributed by atoms with Crippen molar-refractivity contribution in [2.75, 3.05) is 33.0 Å². The Balaban J connectivity index is 1.68. The van der Waals surface area contributed by atoms with E-state index >= 15 is 0 Å². The zero-order valence-corrected chi connectivity index (χ0v) is 18.2. The van der Waals surface area contributed by atoms with Crippen molar-refractivity contribution in [1.29, 1.82) is 0 Å². The van der Waals surface area contributed by atoms with Gasteiger partial charge in [-0.1, -0.05) is 18.2 Å². The SMILES string of the molecule is CCOc1ccc(/C=C/C(=O)NCC2(c3cccc(F)c3)CCOCC2)cc1OCC. The van der Waals surface area contributed by atoms with Crippen LogP contribution in [0, 0.1) is 5.82 Å². The van der Waals surface area contributed by atoms with E-state index in [4.69, 9.17) is 14.2 Å². The summed E-state index contributed by atoms with van der Waals surface area (Å²) in [6, 6.07) is 12.2. The number of carbonyl (C=O) groups excluding carboxylic acids is 1. The molecule has 1 N–H and O–H groups in total. The van der Waals surface area contributed by atoms with Crippen molar-refractivity contribution >= 4 is 12.0 Å². The first-order chi connectivity index (χ1) is 15.1. The van der Waals surface area contributed by atoms with Gasteiger partial charge in [0.05, 0.1) is 13.2 Å². The van der Waals surface area contributed by atoms with Crippen LogP contribution in [0.25, 0.3) is 6.08 Å². The number of amides is 1. The van der Waals surface area contributed by atoms with Crippen molar-refractivity contribution in [3.63, 3.8) is 0 Å². The molecule has 1 aliphatic rings. The molecule has 1 fully saturated rings. The highest BCUT2D eigenvalue weighted by molar-refractivity contribution is 5.91.